The Morgan fingerprint density at radius 3 is 2.60 bits per heavy atom. The van der Waals surface area contributed by atoms with E-state index in [0.29, 0.717) is 11.3 Å². The molecule has 1 amide bonds. The van der Waals surface area contributed by atoms with Crippen molar-refractivity contribution in [3.05, 3.63) is 63.7 Å². The van der Waals surface area contributed by atoms with Crippen LogP contribution >= 0.6 is 0 Å². The third kappa shape index (κ3) is 6.88. The number of aryl methyl sites for hydroxylation is 1. The van der Waals surface area contributed by atoms with Crippen molar-refractivity contribution in [1.82, 2.24) is 5.43 Å². The number of nitro benzene ring substituents is 1. The van der Waals surface area contributed by atoms with Gasteiger partial charge in [0.25, 0.3) is 11.6 Å². The number of benzene rings is 2. The fourth-order valence-electron chi connectivity index (χ4n) is 2.83. The number of carbonyl (C=O) groups excluding carboxylic acids is 1. The highest BCUT2D eigenvalue weighted by atomic mass is 16.6. The van der Waals surface area contributed by atoms with Crippen LogP contribution in [-0.2, 0) is 4.79 Å². The van der Waals surface area contributed by atoms with Gasteiger partial charge in [0.05, 0.1) is 11.1 Å². The van der Waals surface area contributed by atoms with Gasteiger partial charge in [-0.1, -0.05) is 31.0 Å². The maximum Gasteiger partial charge on any atom is 0.277 e. The van der Waals surface area contributed by atoms with Gasteiger partial charge >= 0.3 is 0 Å². The Kier molecular flexibility index (Phi) is 8.80. The zero-order valence-corrected chi connectivity index (χ0v) is 17.6. The van der Waals surface area contributed by atoms with Crippen LogP contribution in [0.2, 0.25) is 0 Å². The predicted octanol–water partition coefficient (Wildman–Crippen LogP) is 4.06. The second-order valence-corrected chi connectivity index (χ2v) is 6.83. The summed E-state index contributed by atoms with van der Waals surface area (Å²) < 4.78 is 5.42. The third-order valence-electron chi connectivity index (χ3n) is 4.51. The lowest BCUT2D eigenvalue weighted by Crippen LogP contribution is -2.26. The Labute approximate surface area is 176 Å². The second-order valence-electron chi connectivity index (χ2n) is 6.83. The standard InChI is InChI=1S/C22H28N4O4/c1-4-6-13-25(5-2)21-12-9-19(26(28)29)14-18(21)15-23-24-22(27)16-30-20-10-7-17(3)8-11-20/h7-12,14-15H,4-6,13,16H2,1-3H3,(H,24,27)/b23-15+. The molecule has 0 saturated heterocycles. The summed E-state index contributed by atoms with van der Waals surface area (Å²) in [6.07, 6.45) is 3.49. The van der Waals surface area contributed by atoms with Crippen molar-refractivity contribution in [3.63, 3.8) is 0 Å². The summed E-state index contributed by atoms with van der Waals surface area (Å²) in [7, 11) is 0. The summed E-state index contributed by atoms with van der Waals surface area (Å²) in [4.78, 5) is 24.8. The zero-order chi connectivity index (χ0) is 21.9. The average molecular weight is 412 g/mol. The van der Waals surface area contributed by atoms with E-state index in [1.807, 2.05) is 26.0 Å². The van der Waals surface area contributed by atoms with Crippen LogP contribution in [0.1, 0.15) is 37.8 Å². The number of hydrogen-bond donors (Lipinski definition) is 1. The van der Waals surface area contributed by atoms with E-state index in [2.05, 4.69) is 22.4 Å². The molecule has 2 aromatic carbocycles. The molecule has 2 aromatic rings. The zero-order valence-electron chi connectivity index (χ0n) is 17.6. The Bertz CT molecular complexity index is 881. The average Bonchev–Trinajstić information content (AvgIpc) is 2.74. The first-order chi connectivity index (χ1) is 14.4. The van der Waals surface area contributed by atoms with Gasteiger partial charge in [0.1, 0.15) is 5.75 Å². The normalized spacial score (nSPS) is 10.8. The molecule has 0 unspecified atom stereocenters. The van der Waals surface area contributed by atoms with E-state index in [1.54, 1.807) is 18.2 Å². The summed E-state index contributed by atoms with van der Waals surface area (Å²) in [6, 6.07) is 12.0. The molecule has 0 bridgehead atoms. The van der Waals surface area contributed by atoms with E-state index in [1.165, 1.54) is 18.3 Å². The van der Waals surface area contributed by atoms with Crippen LogP contribution in [0.3, 0.4) is 0 Å². The quantitative estimate of drug-likeness (QED) is 0.341. The number of non-ortho nitro benzene ring substituents is 1. The van der Waals surface area contributed by atoms with Crippen molar-refractivity contribution < 1.29 is 14.5 Å². The number of hydrogen-bond acceptors (Lipinski definition) is 6. The molecule has 0 atom stereocenters. The fourth-order valence-corrected chi connectivity index (χ4v) is 2.83. The molecule has 0 aliphatic carbocycles. The summed E-state index contributed by atoms with van der Waals surface area (Å²) >= 11 is 0. The van der Waals surface area contributed by atoms with E-state index in [-0.39, 0.29) is 12.3 Å². The van der Waals surface area contributed by atoms with E-state index in [4.69, 9.17) is 4.74 Å². The summed E-state index contributed by atoms with van der Waals surface area (Å²) in [5, 5.41) is 15.1. The molecular weight excluding hydrogens is 384 g/mol. The number of nitrogens with zero attached hydrogens (tertiary/aromatic N) is 3. The highest BCUT2D eigenvalue weighted by Crippen LogP contribution is 2.24. The number of amides is 1. The van der Waals surface area contributed by atoms with Crippen molar-refractivity contribution in [2.24, 2.45) is 5.10 Å². The number of nitro groups is 1. The third-order valence-corrected chi connectivity index (χ3v) is 4.51. The van der Waals surface area contributed by atoms with Gasteiger partial charge in [-0.3, -0.25) is 14.9 Å². The van der Waals surface area contributed by atoms with Crippen LogP contribution < -0.4 is 15.1 Å². The smallest absolute Gasteiger partial charge is 0.277 e. The summed E-state index contributed by atoms with van der Waals surface area (Å²) in [5.74, 6) is 0.173. The van der Waals surface area contributed by atoms with Crippen molar-refractivity contribution in [2.75, 3.05) is 24.6 Å². The minimum Gasteiger partial charge on any atom is -0.484 e. The number of hydrazone groups is 1. The second kappa shape index (κ2) is 11.5. The van der Waals surface area contributed by atoms with Gasteiger partial charge in [0, 0.05) is 36.5 Å². The van der Waals surface area contributed by atoms with Crippen LogP contribution in [0, 0.1) is 17.0 Å². The monoisotopic (exact) mass is 412 g/mol. The highest BCUT2D eigenvalue weighted by Gasteiger charge is 2.14. The van der Waals surface area contributed by atoms with Gasteiger partial charge < -0.3 is 9.64 Å². The maximum atomic E-state index is 12.0. The minimum absolute atomic E-state index is 0.0271. The lowest BCUT2D eigenvalue weighted by Gasteiger charge is -2.24. The minimum atomic E-state index is -0.447. The molecule has 0 aliphatic heterocycles. The molecule has 8 nitrogen and oxygen atoms in total. The lowest BCUT2D eigenvalue weighted by atomic mass is 10.1. The van der Waals surface area contributed by atoms with Crippen LogP contribution in [0.15, 0.2) is 47.6 Å². The first kappa shape index (κ1) is 22.9. The first-order valence-electron chi connectivity index (χ1n) is 9.99. The van der Waals surface area contributed by atoms with Gasteiger partial charge in [-0.2, -0.15) is 5.10 Å². The number of carbonyl (C=O) groups is 1. The molecule has 0 spiro atoms. The van der Waals surface area contributed by atoms with Crippen molar-refractivity contribution in [1.29, 1.82) is 0 Å². The van der Waals surface area contributed by atoms with Crippen LogP contribution in [0.25, 0.3) is 0 Å². The number of nitrogens with one attached hydrogen (secondary N) is 1. The molecular formula is C22H28N4O4. The highest BCUT2D eigenvalue weighted by molar-refractivity contribution is 5.90. The SMILES string of the molecule is CCCCN(CC)c1ccc([N+](=O)[O-])cc1/C=N/NC(=O)COc1ccc(C)cc1. The van der Waals surface area contributed by atoms with Crippen molar-refractivity contribution >= 4 is 23.5 Å². The topological polar surface area (TPSA) is 97.1 Å². The molecule has 0 saturated carbocycles. The predicted molar refractivity (Wildman–Crippen MR) is 118 cm³/mol. The summed E-state index contributed by atoms with van der Waals surface area (Å²) in [5.41, 5.74) is 4.89. The van der Waals surface area contributed by atoms with E-state index in [9.17, 15) is 14.9 Å². The Balaban J connectivity index is 2.07. The molecule has 0 fully saturated rings. The Hall–Kier alpha value is -3.42. The van der Waals surface area contributed by atoms with E-state index in [0.717, 1.165) is 37.2 Å². The van der Waals surface area contributed by atoms with Gasteiger partial charge in [0.2, 0.25) is 0 Å². The van der Waals surface area contributed by atoms with Crippen LogP contribution in [0.5, 0.6) is 5.75 Å². The molecule has 160 valence electrons. The van der Waals surface area contributed by atoms with Crippen LogP contribution in [-0.4, -0.2) is 36.7 Å². The van der Waals surface area contributed by atoms with Crippen molar-refractivity contribution in [2.45, 2.75) is 33.6 Å². The van der Waals surface area contributed by atoms with E-state index < -0.39 is 10.8 Å². The molecule has 0 radical (unpaired) electrons. The maximum absolute atomic E-state index is 12.0. The van der Waals surface area contributed by atoms with Gasteiger partial charge in [0.15, 0.2) is 6.61 Å². The Morgan fingerprint density at radius 1 is 1.23 bits per heavy atom. The molecule has 1 N–H and O–H groups in total. The van der Waals surface area contributed by atoms with Gasteiger partial charge in [-0.05, 0) is 38.5 Å². The molecule has 0 aromatic heterocycles. The first-order valence-corrected chi connectivity index (χ1v) is 9.99. The number of unbranched alkanes of at least 4 members (excludes halogenated alkanes) is 1. The number of rotatable bonds is 11. The number of ether oxygens (including phenoxy) is 1. The van der Waals surface area contributed by atoms with E-state index >= 15 is 0 Å². The molecule has 2 rings (SSSR count). The Morgan fingerprint density at radius 2 is 1.97 bits per heavy atom. The van der Waals surface area contributed by atoms with Gasteiger partial charge in [-0.25, -0.2) is 5.43 Å². The lowest BCUT2D eigenvalue weighted by molar-refractivity contribution is -0.384. The van der Waals surface area contributed by atoms with Crippen LogP contribution in [0.4, 0.5) is 11.4 Å². The largest absolute Gasteiger partial charge is 0.484 e. The fraction of sp³-hybridized carbons (Fsp3) is 0.364. The molecule has 0 aliphatic rings. The number of anilines is 1. The summed E-state index contributed by atoms with van der Waals surface area (Å²) in [6.45, 7) is 7.52. The van der Waals surface area contributed by atoms with Crippen molar-refractivity contribution in [3.8, 4) is 5.75 Å². The molecule has 0 heterocycles. The van der Waals surface area contributed by atoms with Gasteiger partial charge in [-0.15, -0.1) is 0 Å². The molecule has 8 heteroatoms. The molecule has 30 heavy (non-hydrogen) atoms.